The van der Waals surface area contributed by atoms with Crippen molar-refractivity contribution < 1.29 is 14.3 Å². The molecule has 1 aromatic carbocycles. The van der Waals surface area contributed by atoms with Crippen LogP contribution in [0, 0.1) is 0 Å². The van der Waals surface area contributed by atoms with Crippen LogP contribution in [0.4, 0.5) is 0 Å². The van der Waals surface area contributed by atoms with E-state index in [2.05, 4.69) is 15.2 Å². The molecule has 0 aliphatic carbocycles. The van der Waals surface area contributed by atoms with Crippen molar-refractivity contribution in [2.45, 2.75) is 31.5 Å². The molecule has 1 aromatic heterocycles. The van der Waals surface area contributed by atoms with Gasteiger partial charge < -0.3 is 14.8 Å². The van der Waals surface area contributed by atoms with Crippen LogP contribution in [0.2, 0.25) is 0 Å². The molecule has 26 heavy (non-hydrogen) atoms. The largest absolute Gasteiger partial charge is 0.485 e. The van der Waals surface area contributed by atoms with E-state index in [1.165, 1.54) is 0 Å². The van der Waals surface area contributed by atoms with E-state index >= 15 is 0 Å². The first-order valence-corrected chi connectivity index (χ1v) is 9.09. The molecule has 0 spiro atoms. The zero-order valence-electron chi connectivity index (χ0n) is 14.6. The molecule has 1 fully saturated rings. The van der Waals surface area contributed by atoms with Crippen LogP contribution in [0.3, 0.4) is 0 Å². The summed E-state index contributed by atoms with van der Waals surface area (Å²) in [5, 5.41) is 3.12. The SMILES string of the molecule is O=C(NC1CCN(Cc2ccccn2)CC1)[C@H]1COc2ccccc2O1. The maximum absolute atomic E-state index is 12.5. The van der Waals surface area contributed by atoms with Gasteiger partial charge >= 0.3 is 0 Å². The van der Waals surface area contributed by atoms with E-state index in [4.69, 9.17) is 9.47 Å². The number of hydrogen-bond donors (Lipinski definition) is 1. The number of nitrogens with zero attached hydrogens (tertiary/aromatic N) is 2. The lowest BCUT2D eigenvalue weighted by Crippen LogP contribution is -2.50. The number of piperidine rings is 1. The second-order valence-electron chi connectivity index (χ2n) is 6.74. The number of benzene rings is 1. The van der Waals surface area contributed by atoms with Crippen molar-refractivity contribution in [1.82, 2.24) is 15.2 Å². The number of ether oxygens (including phenoxy) is 2. The van der Waals surface area contributed by atoms with Crippen LogP contribution in [0.15, 0.2) is 48.7 Å². The molecule has 1 amide bonds. The first-order chi connectivity index (χ1) is 12.8. The van der Waals surface area contributed by atoms with Crippen LogP contribution in [0.5, 0.6) is 11.5 Å². The van der Waals surface area contributed by atoms with Gasteiger partial charge in [-0.1, -0.05) is 18.2 Å². The lowest BCUT2D eigenvalue weighted by Gasteiger charge is -2.33. The van der Waals surface area contributed by atoms with Gasteiger partial charge in [-0.15, -0.1) is 0 Å². The molecule has 6 heteroatoms. The van der Waals surface area contributed by atoms with Gasteiger partial charge in [-0.05, 0) is 37.1 Å². The maximum atomic E-state index is 12.5. The molecule has 1 N–H and O–H groups in total. The molecule has 6 nitrogen and oxygen atoms in total. The number of aromatic nitrogens is 1. The monoisotopic (exact) mass is 353 g/mol. The highest BCUT2D eigenvalue weighted by Crippen LogP contribution is 2.31. The molecule has 136 valence electrons. The van der Waals surface area contributed by atoms with Crippen LogP contribution in [-0.4, -0.2) is 47.6 Å². The zero-order chi connectivity index (χ0) is 17.8. The summed E-state index contributed by atoms with van der Waals surface area (Å²) in [4.78, 5) is 19.3. The Morgan fingerprint density at radius 1 is 1.12 bits per heavy atom. The Hall–Kier alpha value is -2.60. The average molecular weight is 353 g/mol. The Bertz CT molecular complexity index is 745. The number of fused-ring (bicyclic) bond motifs is 1. The van der Waals surface area contributed by atoms with Crippen molar-refractivity contribution in [3.05, 3.63) is 54.4 Å². The van der Waals surface area contributed by atoms with Gasteiger partial charge in [0.25, 0.3) is 5.91 Å². The number of hydrogen-bond acceptors (Lipinski definition) is 5. The number of amides is 1. The van der Waals surface area contributed by atoms with Crippen molar-refractivity contribution in [2.24, 2.45) is 0 Å². The van der Waals surface area contributed by atoms with Crippen LogP contribution in [0.25, 0.3) is 0 Å². The minimum absolute atomic E-state index is 0.0947. The molecule has 0 unspecified atom stereocenters. The van der Waals surface area contributed by atoms with E-state index in [0.717, 1.165) is 38.2 Å². The highest BCUT2D eigenvalue weighted by molar-refractivity contribution is 5.82. The molecule has 2 aliphatic heterocycles. The molecular formula is C20H23N3O3. The van der Waals surface area contributed by atoms with E-state index in [1.54, 1.807) is 0 Å². The first-order valence-electron chi connectivity index (χ1n) is 9.09. The summed E-state index contributed by atoms with van der Waals surface area (Å²) in [5.74, 6) is 1.23. The molecule has 2 aromatic rings. The van der Waals surface area contributed by atoms with Gasteiger partial charge in [0.15, 0.2) is 11.5 Å². The van der Waals surface area contributed by atoms with Crippen LogP contribution >= 0.6 is 0 Å². The van der Waals surface area contributed by atoms with Gasteiger partial charge in [0, 0.05) is 31.9 Å². The maximum Gasteiger partial charge on any atom is 0.264 e. The van der Waals surface area contributed by atoms with E-state index < -0.39 is 6.10 Å². The summed E-state index contributed by atoms with van der Waals surface area (Å²) in [5.41, 5.74) is 1.08. The third kappa shape index (κ3) is 3.96. The molecule has 0 bridgehead atoms. The summed E-state index contributed by atoms with van der Waals surface area (Å²) in [6.45, 7) is 3.01. The minimum atomic E-state index is -0.587. The van der Waals surface area contributed by atoms with Gasteiger partial charge in [0.1, 0.15) is 6.61 Å². The number of carbonyl (C=O) groups is 1. The number of pyridine rings is 1. The quantitative estimate of drug-likeness (QED) is 0.911. The Kier molecular flexibility index (Phi) is 5.02. The van der Waals surface area contributed by atoms with Crippen molar-refractivity contribution in [2.75, 3.05) is 19.7 Å². The van der Waals surface area contributed by atoms with E-state index in [0.29, 0.717) is 11.5 Å². The van der Waals surface area contributed by atoms with Crippen molar-refractivity contribution in [3.63, 3.8) is 0 Å². The predicted molar refractivity (Wildman–Crippen MR) is 97.0 cm³/mol. The lowest BCUT2D eigenvalue weighted by atomic mass is 10.0. The third-order valence-electron chi connectivity index (χ3n) is 4.85. The molecule has 2 aliphatic rings. The van der Waals surface area contributed by atoms with Crippen molar-refractivity contribution in [3.8, 4) is 11.5 Å². The van der Waals surface area contributed by atoms with Gasteiger partial charge in [0.05, 0.1) is 5.69 Å². The number of nitrogens with one attached hydrogen (secondary N) is 1. The normalized spacial score (nSPS) is 20.5. The fourth-order valence-corrected chi connectivity index (χ4v) is 3.40. The first kappa shape index (κ1) is 16.8. The smallest absolute Gasteiger partial charge is 0.264 e. The Balaban J connectivity index is 1.25. The van der Waals surface area contributed by atoms with E-state index in [1.807, 2.05) is 48.7 Å². The molecular weight excluding hydrogens is 330 g/mol. The number of rotatable bonds is 4. The van der Waals surface area contributed by atoms with Gasteiger partial charge in [0.2, 0.25) is 6.10 Å². The van der Waals surface area contributed by atoms with Crippen LogP contribution in [-0.2, 0) is 11.3 Å². The van der Waals surface area contributed by atoms with E-state index in [-0.39, 0.29) is 18.6 Å². The Labute approximate surface area is 153 Å². The second-order valence-corrected chi connectivity index (χ2v) is 6.74. The Morgan fingerprint density at radius 2 is 1.88 bits per heavy atom. The summed E-state index contributed by atoms with van der Waals surface area (Å²) in [7, 11) is 0. The topological polar surface area (TPSA) is 63.7 Å². The zero-order valence-corrected chi connectivity index (χ0v) is 14.6. The van der Waals surface area contributed by atoms with Crippen molar-refractivity contribution in [1.29, 1.82) is 0 Å². The number of carbonyl (C=O) groups excluding carboxylic acids is 1. The fraction of sp³-hybridized carbons (Fsp3) is 0.400. The molecule has 4 rings (SSSR count). The number of likely N-dealkylation sites (tertiary alicyclic amines) is 1. The highest BCUT2D eigenvalue weighted by Gasteiger charge is 2.29. The molecule has 1 atom stereocenters. The Morgan fingerprint density at radius 3 is 2.65 bits per heavy atom. The second kappa shape index (κ2) is 7.74. The summed E-state index contributed by atoms with van der Waals surface area (Å²) in [6, 6.07) is 13.6. The predicted octanol–water partition coefficient (Wildman–Crippen LogP) is 2.00. The fourth-order valence-electron chi connectivity index (χ4n) is 3.40. The lowest BCUT2D eigenvalue weighted by molar-refractivity contribution is -0.131. The third-order valence-corrected chi connectivity index (χ3v) is 4.85. The van der Waals surface area contributed by atoms with Gasteiger partial charge in [-0.25, -0.2) is 0 Å². The van der Waals surface area contributed by atoms with Gasteiger partial charge in [-0.3, -0.25) is 14.7 Å². The summed E-state index contributed by atoms with van der Waals surface area (Å²) < 4.78 is 11.4. The molecule has 3 heterocycles. The summed E-state index contributed by atoms with van der Waals surface area (Å²) >= 11 is 0. The molecule has 1 saturated heterocycles. The van der Waals surface area contributed by atoms with Crippen molar-refractivity contribution >= 4 is 5.91 Å². The van der Waals surface area contributed by atoms with Crippen LogP contribution < -0.4 is 14.8 Å². The van der Waals surface area contributed by atoms with Crippen LogP contribution in [0.1, 0.15) is 18.5 Å². The average Bonchev–Trinajstić information content (AvgIpc) is 2.70. The van der Waals surface area contributed by atoms with E-state index in [9.17, 15) is 4.79 Å². The van der Waals surface area contributed by atoms with Gasteiger partial charge in [-0.2, -0.15) is 0 Å². The molecule has 0 saturated carbocycles. The number of para-hydroxylation sites is 2. The standard InChI is InChI=1S/C20H23N3O3/c24-20(19-14-25-17-6-1-2-7-18(17)26-19)22-15-8-11-23(12-9-15)13-16-5-3-4-10-21-16/h1-7,10,15,19H,8-9,11-14H2,(H,22,24)/t19-/m1/s1. The molecule has 0 radical (unpaired) electrons. The minimum Gasteiger partial charge on any atom is -0.485 e. The summed E-state index contributed by atoms with van der Waals surface area (Å²) in [6.07, 6.45) is 3.11. The highest BCUT2D eigenvalue weighted by atomic mass is 16.6.